The third kappa shape index (κ3) is 3.15. The van der Waals surface area contributed by atoms with Gasteiger partial charge in [0.1, 0.15) is 5.01 Å². The molecule has 8 heteroatoms. The molecule has 1 aromatic carbocycles. The maximum atomic E-state index is 12.8. The van der Waals surface area contributed by atoms with Crippen molar-refractivity contribution < 1.29 is 9.21 Å². The van der Waals surface area contributed by atoms with Crippen molar-refractivity contribution in [1.29, 1.82) is 0 Å². The Bertz CT molecular complexity index is 1050. The Hall–Kier alpha value is -2.58. The van der Waals surface area contributed by atoms with Crippen molar-refractivity contribution in [2.75, 3.05) is 13.1 Å². The highest BCUT2D eigenvalue weighted by molar-refractivity contribution is 7.20. The topological polar surface area (TPSA) is 72.1 Å². The predicted molar refractivity (Wildman–Crippen MR) is 105 cm³/mol. The fourth-order valence-electron chi connectivity index (χ4n) is 3.33. The summed E-state index contributed by atoms with van der Waals surface area (Å²) in [5.41, 5.74) is 0.889. The number of piperidine rings is 1. The van der Waals surface area contributed by atoms with Crippen LogP contribution in [0.4, 0.5) is 0 Å². The van der Waals surface area contributed by atoms with Crippen molar-refractivity contribution >= 4 is 38.8 Å². The molecule has 27 heavy (non-hydrogen) atoms. The number of thiazole rings is 1. The van der Waals surface area contributed by atoms with Crippen LogP contribution in [0.15, 0.2) is 47.1 Å². The molecule has 0 bridgehead atoms. The Morgan fingerprint density at radius 3 is 2.70 bits per heavy atom. The summed E-state index contributed by atoms with van der Waals surface area (Å²) < 4.78 is 6.44. The van der Waals surface area contributed by atoms with E-state index in [-0.39, 0.29) is 5.91 Å². The zero-order valence-corrected chi connectivity index (χ0v) is 16.0. The van der Waals surface area contributed by atoms with Crippen LogP contribution in [-0.2, 0) is 0 Å². The van der Waals surface area contributed by atoms with Crippen molar-refractivity contribution in [3.63, 3.8) is 0 Å². The van der Waals surface area contributed by atoms with E-state index in [2.05, 4.69) is 15.2 Å². The van der Waals surface area contributed by atoms with E-state index in [0.717, 1.165) is 51.9 Å². The number of furan rings is 1. The van der Waals surface area contributed by atoms with Gasteiger partial charge in [-0.2, -0.15) is 0 Å². The molecular weight excluding hydrogens is 380 g/mol. The molecule has 1 aliphatic heterocycles. The van der Waals surface area contributed by atoms with Gasteiger partial charge in [-0.25, -0.2) is 4.98 Å². The molecule has 0 radical (unpaired) electrons. The second kappa shape index (κ2) is 6.86. The molecule has 1 aliphatic rings. The lowest BCUT2D eigenvalue weighted by atomic mass is 9.97. The average Bonchev–Trinajstić information content (AvgIpc) is 3.47. The highest BCUT2D eigenvalue weighted by Crippen LogP contribution is 2.34. The van der Waals surface area contributed by atoms with Crippen LogP contribution in [0.1, 0.15) is 33.6 Å². The minimum absolute atomic E-state index is 0.0307. The van der Waals surface area contributed by atoms with Gasteiger partial charge in [0.2, 0.25) is 0 Å². The quantitative estimate of drug-likeness (QED) is 0.512. The Morgan fingerprint density at radius 2 is 1.93 bits per heavy atom. The number of benzene rings is 1. The molecule has 0 atom stereocenters. The molecule has 5 rings (SSSR count). The highest BCUT2D eigenvalue weighted by atomic mass is 32.1. The molecule has 0 aliphatic carbocycles. The lowest BCUT2D eigenvalue weighted by molar-refractivity contribution is 0.0712. The largest absolute Gasteiger partial charge is 0.462 e. The second-order valence-electron chi connectivity index (χ2n) is 6.48. The molecule has 1 amide bonds. The van der Waals surface area contributed by atoms with Gasteiger partial charge in [-0.15, -0.1) is 21.5 Å². The van der Waals surface area contributed by atoms with E-state index in [9.17, 15) is 4.79 Å². The summed E-state index contributed by atoms with van der Waals surface area (Å²) in [4.78, 5) is 19.2. The molecule has 4 heterocycles. The van der Waals surface area contributed by atoms with Crippen LogP contribution in [0, 0.1) is 0 Å². The van der Waals surface area contributed by atoms with Crippen molar-refractivity contribution in [2.45, 2.75) is 18.8 Å². The third-order valence-electron chi connectivity index (χ3n) is 4.78. The maximum Gasteiger partial charge on any atom is 0.282 e. The number of hydrogen-bond acceptors (Lipinski definition) is 7. The third-order valence-corrected chi connectivity index (χ3v) is 6.91. The van der Waals surface area contributed by atoms with E-state index in [1.165, 1.54) is 11.3 Å². The molecule has 4 aromatic rings. The summed E-state index contributed by atoms with van der Waals surface area (Å²) in [5, 5.41) is 11.0. The van der Waals surface area contributed by atoms with Gasteiger partial charge in [-0.05, 0) is 37.1 Å². The number of amides is 1. The summed E-state index contributed by atoms with van der Waals surface area (Å²) in [6.45, 7) is 1.43. The number of carbonyl (C=O) groups is 1. The first-order chi connectivity index (χ1) is 13.3. The normalized spacial score (nSPS) is 15.5. The number of rotatable bonds is 3. The van der Waals surface area contributed by atoms with E-state index < -0.39 is 0 Å². The van der Waals surface area contributed by atoms with Crippen LogP contribution in [0.25, 0.3) is 21.0 Å². The molecule has 0 unspecified atom stereocenters. The smallest absolute Gasteiger partial charge is 0.282 e. The number of nitrogens with zero attached hydrogens (tertiary/aromatic N) is 4. The minimum Gasteiger partial charge on any atom is -0.462 e. The first-order valence-electron chi connectivity index (χ1n) is 8.80. The van der Waals surface area contributed by atoms with E-state index in [1.807, 2.05) is 41.3 Å². The van der Waals surface area contributed by atoms with Gasteiger partial charge in [0.15, 0.2) is 15.8 Å². The Labute approximate surface area is 163 Å². The molecule has 1 saturated heterocycles. The molecule has 0 spiro atoms. The molecule has 1 fully saturated rings. The van der Waals surface area contributed by atoms with Crippen molar-refractivity contribution in [3.05, 3.63) is 52.7 Å². The summed E-state index contributed by atoms with van der Waals surface area (Å²) in [6, 6.07) is 11.6. The number of aromatic nitrogens is 3. The van der Waals surface area contributed by atoms with Gasteiger partial charge in [0, 0.05) is 19.0 Å². The first-order valence-corrected chi connectivity index (χ1v) is 10.4. The number of para-hydroxylation sites is 1. The molecule has 6 nitrogen and oxygen atoms in total. The summed E-state index contributed by atoms with van der Waals surface area (Å²) in [5.74, 6) is 1.12. The van der Waals surface area contributed by atoms with Gasteiger partial charge in [0.25, 0.3) is 5.91 Å². The van der Waals surface area contributed by atoms with Gasteiger partial charge in [-0.3, -0.25) is 4.79 Å². The number of likely N-dealkylation sites (tertiary alicyclic amines) is 1. The van der Waals surface area contributed by atoms with Gasteiger partial charge in [-0.1, -0.05) is 23.5 Å². The Morgan fingerprint density at radius 1 is 1.07 bits per heavy atom. The Kier molecular flexibility index (Phi) is 4.21. The zero-order chi connectivity index (χ0) is 18.2. The van der Waals surface area contributed by atoms with Gasteiger partial charge >= 0.3 is 0 Å². The molecule has 3 aromatic heterocycles. The minimum atomic E-state index is 0.0307. The average molecular weight is 396 g/mol. The SMILES string of the molecule is O=C(c1nc2ccccc2s1)N1CCC(c2nnc(-c3ccco3)s2)CC1. The van der Waals surface area contributed by atoms with Crippen LogP contribution in [0.3, 0.4) is 0 Å². The van der Waals surface area contributed by atoms with Gasteiger partial charge in [0.05, 0.1) is 16.5 Å². The van der Waals surface area contributed by atoms with Crippen molar-refractivity contribution in [2.24, 2.45) is 0 Å². The fourth-order valence-corrected chi connectivity index (χ4v) is 5.24. The summed E-state index contributed by atoms with van der Waals surface area (Å²) >= 11 is 3.04. The maximum absolute atomic E-state index is 12.8. The number of fused-ring (bicyclic) bond motifs is 1. The lowest BCUT2D eigenvalue weighted by Gasteiger charge is -2.30. The predicted octanol–water partition coefficient (Wildman–Crippen LogP) is 4.43. The van der Waals surface area contributed by atoms with Crippen LogP contribution in [0.2, 0.25) is 0 Å². The molecule has 136 valence electrons. The lowest BCUT2D eigenvalue weighted by Crippen LogP contribution is -2.37. The zero-order valence-electron chi connectivity index (χ0n) is 14.4. The van der Waals surface area contributed by atoms with E-state index in [4.69, 9.17) is 4.42 Å². The number of carbonyl (C=O) groups excluding carboxylic acids is 1. The van der Waals surface area contributed by atoms with Crippen LogP contribution in [0.5, 0.6) is 0 Å². The second-order valence-corrected chi connectivity index (χ2v) is 8.52. The monoisotopic (exact) mass is 396 g/mol. The van der Waals surface area contributed by atoms with Crippen LogP contribution in [-0.4, -0.2) is 39.1 Å². The standard InChI is InChI=1S/C19H16N4O2S2/c24-19(18-20-13-4-1-2-6-15(13)26-18)23-9-7-12(8-10-23)16-21-22-17(27-16)14-5-3-11-25-14/h1-6,11-12H,7-10H2. The molecule has 0 N–H and O–H groups in total. The van der Waals surface area contributed by atoms with Gasteiger partial charge < -0.3 is 9.32 Å². The molecular formula is C19H16N4O2S2. The summed E-state index contributed by atoms with van der Waals surface area (Å²) in [7, 11) is 0. The fraction of sp³-hybridized carbons (Fsp3) is 0.263. The first kappa shape index (κ1) is 16.6. The van der Waals surface area contributed by atoms with E-state index in [1.54, 1.807) is 17.6 Å². The van der Waals surface area contributed by atoms with Crippen LogP contribution >= 0.6 is 22.7 Å². The van der Waals surface area contributed by atoms with Crippen molar-refractivity contribution in [1.82, 2.24) is 20.1 Å². The summed E-state index contributed by atoms with van der Waals surface area (Å²) in [6.07, 6.45) is 3.43. The van der Waals surface area contributed by atoms with Crippen molar-refractivity contribution in [3.8, 4) is 10.8 Å². The van der Waals surface area contributed by atoms with E-state index in [0.29, 0.717) is 10.9 Å². The molecule has 0 saturated carbocycles. The van der Waals surface area contributed by atoms with E-state index >= 15 is 0 Å². The van der Waals surface area contributed by atoms with Crippen LogP contribution < -0.4 is 0 Å². The Balaban J connectivity index is 1.26. The highest BCUT2D eigenvalue weighted by Gasteiger charge is 2.28. The number of hydrogen-bond donors (Lipinski definition) is 0.